The largest absolute Gasteiger partial charge is 0.378 e. The molecule has 0 saturated carbocycles. The molecule has 1 saturated heterocycles. The molecule has 5 rings (SSSR count). The van der Waals surface area contributed by atoms with Gasteiger partial charge in [0.15, 0.2) is 0 Å². The number of aromatic nitrogens is 3. The summed E-state index contributed by atoms with van der Waals surface area (Å²) in [5.74, 6) is -0.613. The Morgan fingerprint density at radius 1 is 1.17 bits per heavy atom. The van der Waals surface area contributed by atoms with E-state index >= 15 is 0 Å². The molecular formula is C26H23FN6O3. The molecule has 9 nitrogen and oxygen atoms in total. The minimum atomic E-state index is -0.435. The van der Waals surface area contributed by atoms with Crippen molar-refractivity contribution < 1.29 is 13.9 Å². The van der Waals surface area contributed by atoms with E-state index < -0.39 is 5.82 Å². The van der Waals surface area contributed by atoms with Crippen molar-refractivity contribution in [1.82, 2.24) is 15.0 Å². The normalized spacial score (nSPS) is 13.4. The fourth-order valence-electron chi connectivity index (χ4n) is 4.03. The zero-order chi connectivity index (χ0) is 25.1. The fourth-order valence-corrected chi connectivity index (χ4v) is 4.03. The van der Waals surface area contributed by atoms with Gasteiger partial charge in [-0.25, -0.2) is 14.4 Å². The summed E-state index contributed by atoms with van der Waals surface area (Å²) in [5.41, 5.74) is 3.32. The van der Waals surface area contributed by atoms with Crippen LogP contribution in [-0.4, -0.2) is 47.2 Å². The molecule has 0 unspecified atom stereocenters. The molecule has 36 heavy (non-hydrogen) atoms. The highest BCUT2D eigenvalue weighted by molar-refractivity contribution is 6.00. The average molecular weight is 487 g/mol. The van der Waals surface area contributed by atoms with Crippen LogP contribution in [0.1, 0.15) is 0 Å². The summed E-state index contributed by atoms with van der Waals surface area (Å²) in [7, 11) is 0. The van der Waals surface area contributed by atoms with Gasteiger partial charge in [0.05, 0.1) is 30.6 Å². The molecule has 2 aromatic carbocycles. The van der Waals surface area contributed by atoms with Crippen molar-refractivity contribution in [2.45, 2.75) is 0 Å². The number of nitrogens with one attached hydrogen (secondary N) is 3. The second-order valence-corrected chi connectivity index (χ2v) is 8.17. The molecule has 4 aromatic rings. The molecule has 0 bridgehead atoms. The Morgan fingerprint density at radius 2 is 2.00 bits per heavy atom. The van der Waals surface area contributed by atoms with Crippen molar-refractivity contribution in [1.29, 1.82) is 0 Å². The number of amides is 1. The Kier molecular flexibility index (Phi) is 6.42. The van der Waals surface area contributed by atoms with Crippen LogP contribution in [0.4, 0.5) is 27.4 Å². The average Bonchev–Trinajstić information content (AvgIpc) is 2.90. The van der Waals surface area contributed by atoms with Crippen molar-refractivity contribution in [3.05, 3.63) is 83.6 Å². The predicted molar refractivity (Wildman–Crippen MR) is 137 cm³/mol. The number of H-pyrrole nitrogens is 1. The van der Waals surface area contributed by atoms with Crippen LogP contribution >= 0.6 is 0 Å². The van der Waals surface area contributed by atoms with Gasteiger partial charge in [0, 0.05) is 36.1 Å². The number of halogens is 1. The van der Waals surface area contributed by atoms with Crippen LogP contribution < -0.4 is 21.1 Å². The number of morpholine rings is 1. The quantitative estimate of drug-likeness (QED) is 0.355. The number of nitrogens with zero attached hydrogens (tertiary/aromatic N) is 3. The molecule has 10 heteroatoms. The van der Waals surface area contributed by atoms with Crippen LogP contribution in [-0.2, 0) is 9.53 Å². The highest BCUT2D eigenvalue weighted by atomic mass is 19.1. The number of ether oxygens (including phenoxy) is 1. The Balaban J connectivity index is 1.48. The monoisotopic (exact) mass is 486 g/mol. The van der Waals surface area contributed by atoms with Gasteiger partial charge in [-0.1, -0.05) is 18.7 Å². The van der Waals surface area contributed by atoms with Crippen LogP contribution in [0.15, 0.2) is 72.2 Å². The molecule has 3 heterocycles. The summed E-state index contributed by atoms with van der Waals surface area (Å²) in [5, 5.41) is 5.64. The molecule has 1 amide bonds. The summed E-state index contributed by atoms with van der Waals surface area (Å²) in [6, 6.07) is 13.4. The number of aromatic amines is 1. The lowest BCUT2D eigenvalue weighted by Gasteiger charge is -2.29. The van der Waals surface area contributed by atoms with E-state index in [0.29, 0.717) is 54.2 Å². The van der Waals surface area contributed by atoms with Gasteiger partial charge in [-0.15, -0.1) is 0 Å². The lowest BCUT2D eigenvalue weighted by atomic mass is 10.0. The van der Waals surface area contributed by atoms with E-state index in [2.05, 4.69) is 37.1 Å². The van der Waals surface area contributed by atoms with Crippen molar-refractivity contribution >= 4 is 40.0 Å². The first-order valence-corrected chi connectivity index (χ1v) is 11.3. The molecule has 1 aliphatic rings. The summed E-state index contributed by atoms with van der Waals surface area (Å²) in [6.45, 7) is 6.09. The van der Waals surface area contributed by atoms with Gasteiger partial charge >= 0.3 is 0 Å². The molecule has 0 atom stereocenters. The third-order valence-corrected chi connectivity index (χ3v) is 5.78. The van der Waals surface area contributed by atoms with Crippen LogP contribution in [0, 0.1) is 5.82 Å². The third-order valence-electron chi connectivity index (χ3n) is 5.78. The molecule has 1 aliphatic heterocycles. The summed E-state index contributed by atoms with van der Waals surface area (Å²) in [6.07, 6.45) is 2.64. The maximum Gasteiger partial charge on any atom is 0.249 e. The minimum Gasteiger partial charge on any atom is -0.378 e. The SMILES string of the molecule is C=CC(=O)Nc1cccc(-c2cc(=O)[nH]c3cnc(Nc4ccc(N5CCOCC5)cc4F)nc23)c1. The van der Waals surface area contributed by atoms with Gasteiger partial charge in [0.25, 0.3) is 0 Å². The molecule has 0 radical (unpaired) electrons. The van der Waals surface area contributed by atoms with Crippen LogP contribution in [0.2, 0.25) is 0 Å². The lowest BCUT2D eigenvalue weighted by molar-refractivity contribution is -0.111. The number of fused-ring (bicyclic) bond motifs is 1. The Morgan fingerprint density at radius 3 is 2.78 bits per heavy atom. The third kappa shape index (κ3) is 4.93. The van der Waals surface area contributed by atoms with E-state index in [1.165, 1.54) is 24.4 Å². The zero-order valence-corrected chi connectivity index (χ0v) is 19.3. The van der Waals surface area contributed by atoms with Gasteiger partial charge in [0.1, 0.15) is 11.3 Å². The summed E-state index contributed by atoms with van der Waals surface area (Å²) in [4.78, 5) is 37.6. The van der Waals surface area contributed by atoms with Crippen molar-refractivity contribution in [3.63, 3.8) is 0 Å². The topological polar surface area (TPSA) is 112 Å². The van der Waals surface area contributed by atoms with Crippen LogP contribution in [0.25, 0.3) is 22.2 Å². The molecule has 0 spiro atoms. The number of hydrogen-bond donors (Lipinski definition) is 3. The van der Waals surface area contributed by atoms with Crippen LogP contribution in [0.3, 0.4) is 0 Å². The van der Waals surface area contributed by atoms with E-state index in [9.17, 15) is 14.0 Å². The molecule has 2 aromatic heterocycles. The van der Waals surface area contributed by atoms with Gasteiger partial charge in [-0.3, -0.25) is 9.59 Å². The van der Waals surface area contributed by atoms with E-state index in [-0.39, 0.29) is 23.1 Å². The standard InChI is InChI=1S/C26H23FN6O3/c1-2-23(34)29-17-5-3-4-16(12-17)19-14-24(35)30-22-15-28-26(32-25(19)22)31-21-7-6-18(13-20(21)27)33-8-10-36-11-9-33/h2-7,12-15H,1,8-11H2,(H,29,34)(H,30,35)(H,28,31,32). The van der Waals surface area contributed by atoms with Crippen molar-refractivity contribution in [2.24, 2.45) is 0 Å². The van der Waals surface area contributed by atoms with Gasteiger partial charge < -0.3 is 25.3 Å². The second-order valence-electron chi connectivity index (χ2n) is 8.17. The first-order valence-electron chi connectivity index (χ1n) is 11.3. The number of hydrogen-bond acceptors (Lipinski definition) is 7. The van der Waals surface area contributed by atoms with E-state index in [0.717, 1.165) is 5.69 Å². The maximum absolute atomic E-state index is 14.9. The smallest absolute Gasteiger partial charge is 0.249 e. The van der Waals surface area contributed by atoms with Gasteiger partial charge in [0.2, 0.25) is 17.4 Å². The number of anilines is 4. The molecular weight excluding hydrogens is 463 g/mol. The Hall–Kier alpha value is -4.57. The second kappa shape index (κ2) is 9.96. The van der Waals surface area contributed by atoms with Crippen molar-refractivity contribution in [2.75, 3.05) is 41.8 Å². The molecule has 0 aliphatic carbocycles. The van der Waals surface area contributed by atoms with E-state index in [4.69, 9.17) is 4.74 Å². The lowest BCUT2D eigenvalue weighted by Crippen LogP contribution is -2.36. The predicted octanol–water partition coefficient (Wildman–Crippen LogP) is 3.83. The highest BCUT2D eigenvalue weighted by Crippen LogP contribution is 2.29. The minimum absolute atomic E-state index is 0.171. The number of pyridine rings is 1. The molecule has 182 valence electrons. The molecule has 3 N–H and O–H groups in total. The molecule has 1 fully saturated rings. The highest BCUT2D eigenvalue weighted by Gasteiger charge is 2.15. The number of carbonyl (C=O) groups is 1. The fraction of sp³-hybridized carbons (Fsp3) is 0.154. The first-order chi connectivity index (χ1) is 17.5. The maximum atomic E-state index is 14.9. The summed E-state index contributed by atoms with van der Waals surface area (Å²) >= 11 is 0. The summed E-state index contributed by atoms with van der Waals surface area (Å²) < 4.78 is 20.3. The Labute approximate surface area is 205 Å². The van der Waals surface area contributed by atoms with Crippen LogP contribution in [0.5, 0.6) is 0 Å². The van der Waals surface area contributed by atoms with E-state index in [1.54, 1.807) is 30.3 Å². The van der Waals surface area contributed by atoms with Crippen molar-refractivity contribution in [3.8, 4) is 11.1 Å². The number of rotatable bonds is 6. The van der Waals surface area contributed by atoms with Gasteiger partial charge in [-0.05, 0) is 42.0 Å². The van der Waals surface area contributed by atoms with E-state index in [1.807, 2.05) is 6.07 Å². The van der Waals surface area contributed by atoms with Gasteiger partial charge in [-0.2, -0.15) is 0 Å². The first kappa shape index (κ1) is 23.2. The zero-order valence-electron chi connectivity index (χ0n) is 19.3. The number of benzene rings is 2. The Bertz CT molecular complexity index is 1510. The number of carbonyl (C=O) groups excluding carboxylic acids is 1.